The van der Waals surface area contributed by atoms with E-state index in [1.807, 2.05) is 18.2 Å². The normalized spacial score (nSPS) is 11.1. The quantitative estimate of drug-likeness (QED) is 0.223. The molecule has 0 aliphatic rings. The SMILES string of the molecule is O=Cc1ccc(Oc2cccc([P+](c3ccccc3)(c3ccccc3)c3ccccc3)c2)cc1. The van der Waals surface area contributed by atoms with E-state index in [0.717, 1.165) is 12.0 Å². The van der Waals surface area contributed by atoms with Crippen molar-refractivity contribution in [1.82, 2.24) is 0 Å². The van der Waals surface area contributed by atoms with Gasteiger partial charge in [-0.05, 0) is 72.8 Å². The summed E-state index contributed by atoms with van der Waals surface area (Å²) in [4.78, 5) is 11.0. The first-order valence-corrected chi connectivity index (χ1v) is 13.0. The van der Waals surface area contributed by atoms with E-state index in [-0.39, 0.29) is 0 Å². The lowest BCUT2D eigenvalue weighted by Gasteiger charge is -2.27. The highest BCUT2D eigenvalue weighted by Crippen LogP contribution is 2.54. The van der Waals surface area contributed by atoms with Gasteiger partial charge in [-0.15, -0.1) is 0 Å². The molecule has 0 aromatic heterocycles. The second kappa shape index (κ2) is 9.87. The van der Waals surface area contributed by atoms with Gasteiger partial charge in [-0.1, -0.05) is 60.7 Å². The molecule has 5 aromatic carbocycles. The van der Waals surface area contributed by atoms with Crippen LogP contribution in [0.5, 0.6) is 11.5 Å². The summed E-state index contributed by atoms with van der Waals surface area (Å²) in [5, 5.41) is 5.10. The molecule has 0 bridgehead atoms. The second-order valence-corrected chi connectivity index (χ2v) is 11.4. The van der Waals surface area contributed by atoms with Crippen LogP contribution in [0.15, 0.2) is 140 Å². The lowest BCUT2D eigenvalue weighted by atomic mass is 10.2. The third kappa shape index (κ3) is 4.17. The van der Waals surface area contributed by atoms with Crippen LogP contribution in [0.2, 0.25) is 0 Å². The van der Waals surface area contributed by atoms with Crippen LogP contribution in [0.25, 0.3) is 0 Å². The van der Waals surface area contributed by atoms with Gasteiger partial charge >= 0.3 is 0 Å². The summed E-state index contributed by atoms with van der Waals surface area (Å²) in [6.45, 7) is 0. The Morgan fingerprint density at radius 3 is 1.41 bits per heavy atom. The fourth-order valence-electron chi connectivity index (χ4n) is 4.36. The van der Waals surface area contributed by atoms with Crippen molar-refractivity contribution < 1.29 is 9.53 Å². The zero-order valence-corrected chi connectivity index (χ0v) is 19.5. The van der Waals surface area contributed by atoms with Crippen LogP contribution in [0.4, 0.5) is 0 Å². The largest absolute Gasteiger partial charge is 0.457 e. The molecule has 164 valence electrons. The van der Waals surface area contributed by atoms with E-state index in [1.54, 1.807) is 12.1 Å². The molecule has 0 saturated heterocycles. The molecule has 0 aliphatic heterocycles. The van der Waals surface area contributed by atoms with E-state index in [2.05, 4.69) is 109 Å². The van der Waals surface area contributed by atoms with Gasteiger partial charge in [0.05, 0.1) is 0 Å². The summed E-state index contributed by atoms with van der Waals surface area (Å²) < 4.78 is 6.22. The molecule has 0 unspecified atom stereocenters. The second-order valence-electron chi connectivity index (χ2n) is 7.96. The number of hydrogen-bond donors (Lipinski definition) is 0. The van der Waals surface area contributed by atoms with E-state index in [1.165, 1.54) is 21.2 Å². The minimum absolute atomic E-state index is 0.628. The summed E-state index contributed by atoms with van der Waals surface area (Å²) in [5.74, 6) is 1.47. The van der Waals surface area contributed by atoms with Crippen LogP contribution >= 0.6 is 7.26 Å². The van der Waals surface area contributed by atoms with Crippen LogP contribution in [0.3, 0.4) is 0 Å². The van der Waals surface area contributed by atoms with Crippen LogP contribution in [-0.4, -0.2) is 6.29 Å². The minimum atomic E-state index is -2.18. The molecular formula is C31H24O2P+. The van der Waals surface area contributed by atoms with Gasteiger partial charge in [0.25, 0.3) is 0 Å². The number of ether oxygens (including phenoxy) is 1. The van der Waals surface area contributed by atoms with Gasteiger partial charge in [0, 0.05) is 11.6 Å². The molecule has 0 amide bonds. The zero-order valence-electron chi connectivity index (χ0n) is 18.6. The van der Waals surface area contributed by atoms with Crippen molar-refractivity contribution in [2.45, 2.75) is 0 Å². The van der Waals surface area contributed by atoms with E-state index in [9.17, 15) is 4.79 Å². The Kier molecular flexibility index (Phi) is 6.33. The monoisotopic (exact) mass is 459 g/mol. The average molecular weight is 460 g/mol. The molecule has 2 nitrogen and oxygen atoms in total. The molecule has 34 heavy (non-hydrogen) atoms. The van der Waals surface area contributed by atoms with Crippen LogP contribution in [0.1, 0.15) is 10.4 Å². The van der Waals surface area contributed by atoms with Crippen molar-refractivity contribution >= 4 is 34.8 Å². The molecule has 0 atom stereocenters. The number of carbonyl (C=O) groups excluding carboxylic acids is 1. The summed E-state index contributed by atoms with van der Waals surface area (Å²) in [6.07, 6.45) is 0.836. The maximum absolute atomic E-state index is 11.0. The highest BCUT2D eigenvalue weighted by Gasteiger charge is 2.47. The fourth-order valence-corrected chi connectivity index (χ4v) is 8.63. The van der Waals surface area contributed by atoms with Crippen LogP contribution in [0, 0.1) is 0 Å². The van der Waals surface area contributed by atoms with Gasteiger partial charge in [-0.2, -0.15) is 0 Å². The van der Waals surface area contributed by atoms with Crippen LogP contribution in [-0.2, 0) is 0 Å². The summed E-state index contributed by atoms with van der Waals surface area (Å²) in [7, 11) is -2.18. The van der Waals surface area contributed by atoms with E-state index >= 15 is 0 Å². The molecule has 0 spiro atoms. The zero-order chi connectivity index (χ0) is 23.2. The Morgan fingerprint density at radius 2 is 0.941 bits per heavy atom. The van der Waals surface area contributed by atoms with Crippen molar-refractivity contribution in [3.05, 3.63) is 145 Å². The predicted molar refractivity (Wildman–Crippen MR) is 143 cm³/mol. The van der Waals surface area contributed by atoms with Gasteiger partial charge in [0.2, 0.25) is 0 Å². The Bertz CT molecular complexity index is 1270. The maximum atomic E-state index is 11.0. The van der Waals surface area contributed by atoms with Gasteiger partial charge in [-0.25, -0.2) is 0 Å². The molecule has 3 heteroatoms. The molecular weight excluding hydrogens is 435 g/mol. The fraction of sp³-hybridized carbons (Fsp3) is 0. The lowest BCUT2D eigenvalue weighted by molar-refractivity contribution is 0.112. The molecule has 0 radical (unpaired) electrons. The number of benzene rings is 5. The van der Waals surface area contributed by atoms with Gasteiger partial charge in [0.1, 0.15) is 46.3 Å². The first-order chi connectivity index (χ1) is 16.8. The number of carbonyl (C=O) groups is 1. The van der Waals surface area contributed by atoms with Gasteiger partial charge < -0.3 is 4.74 Å². The lowest BCUT2D eigenvalue weighted by Crippen LogP contribution is -2.38. The molecule has 0 saturated carbocycles. The van der Waals surface area contributed by atoms with Gasteiger partial charge in [0.15, 0.2) is 0 Å². The molecule has 0 heterocycles. The number of rotatable bonds is 7. The molecule has 5 rings (SSSR count). The maximum Gasteiger partial charge on any atom is 0.150 e. The van der Waals surface area contributed by atoms with Crippen molar-refractivity contribution in [2.24, 2.45) is 0 Å². The highest BCUT2D eigenvalue weighted by molar-refractivity contribution is 8.01. The van der Waals surface area contributed by atoms with Crippen molar-refractivity contribution in [3.8, 4) is 11.5 Å². The Morgan fingerprint density at radius 1 is 0.471 bits per heavy atom. The average Bonchev–Trinajstić information content (AvgIpc) is 2.92. The smallest absolute Gasteiger partial charge is 0.150 e. The first kappa shape index (κ1) is 21.8. The first-order valence-electron chi connectivity index (χ1n) is 11.2. The molecule has 0 fully saturated rings. The summed E-state index contributed by atoms with van der Waals surface area (Å²) >= 11 is 0. The molecule has 5 aromatic rings. The topological polar surface area (TPSA) is 26.3 Å². The number of hydrogen-bond acceptors (Lipinski definition) is 2. The van der Waals surface area contributed by atoms with Crippen molar-refractivity contribution in [3.63, 3.8) is 0 Å². The third-order valence-electron chi connectivity index (χ3n) is 5.89. The van der Waals surface area contributed by atoms with E-state index in [0.29, 0.717) is 11.3 Å². The highest BCUT2D eigenvalue weighted by atomic mass is 31.2. The van der Waals surface area contributed by atoms with E-state index < -0.39 is 7.26 Å². The molecule has 0 N–H and O–H groups in total. The number of aldehydes is 1. The Hall–Kier alpha value is -4.00. The Labute approximate surface area is 200 Å². The third-order valence-corrected chi connectivity index (χ3v) is 10.2. The standard InChI is InChI=1S/C31H24O2P/c32-24-25-19-21-26(22-20-25)33-27-11-10-18-31(23-27)34(28-12-4-1-5-13-28,29-14-6-2-7-15-29)30-16-8-3-9-17-30/h1-24H/q+1. The Balaban J connectivity index is 1.71. The molecule has 0 aliphatic carbocycles. The van der Waals surface area contributed by atoms with Gasteiger partial charge in [-0.3, -0.25) is 4.79 Å². The van der Waals surface area contributed by atoms with Crippen LogP contribution < -0.4 is 26.0 Å². The summed E-state index contributed by atoms with van der Waals surface area (Å²) in [6, 6.07) is 47.9. The minimum Gasteiger partial charge on any atom is -0.457 e. The van der Waals surface area contributed by atoms with Crippen molar-refractivity contribution in [1.29, 1.82) is 0 Å². The van der Waals surface area contributed by atoms with E-state index in [4.69, 9.17) is 4.74 Å². The summed E-state index contributed by atoms with van der Waals surface area (Å²) in [5.41, 5.74) is 0.628. The predicted octanol–water partition coefficient (Wildman–Crippen LogP) is 5.91. The van der Waals surface area contributed by atoms with Crippen molar-refractivity contribution in [2.75, 3.05) is 0 Å².